The molecule has 1 aliphatic heterocycles. The Hall–Kier alpha value is -5.42. The zero-order chi connectivity index (χ0) is 41.4. The zero-order valence-electron chi connectivity index (χ0n) is 30.0. The minimum atomic E-state index is -1.76. The van der Waals surface area contributed by atoms with E-state index in [9.17, 15) is 68.4 Å². The van der Waals surface area contributed by atoms with Gasteiger partial charge in [0.2, 0.25) is 41.4 Å². The lowest BCUT2D eigenvalue weighted by Gasteiger charge is -2.32. The number of carbonyl (C=O) groups excluding carboxylic acids is 7. The standard InChI is InChI=1S/C31H50N8O15/c1-13(2)23(37-25(47)15(32)11-20(33)42)29(51)34-16(6-8-21(43)44)26(48)38-24(14(3)41)30(52)39-10-4-5-19(39)28(50)36-18(12-40)27(49)35-17(31(53)54)7-9-22(45)46/h13-19,23-24,40-41H,4-12,32H2,1-3H3,(H2,33,42)(H,34,51)(H,35,49)(H,36,50)(H,37,47)(H,38,48)(H,43,44)(H,45,46)(H,53,54). The molecule has 23 heteroatoms. The van der Waals surface area contributed by atoms with Crippen LogP contribution in [-0.2, 0) is 47.9 Å². The molecule has 0 aliphatic carbocycles. The summed E-state index contributed by atoms with van der Waals surface area (Å²) in [6.07, 6.45) is -4.15. The maximum atomic E-state index is 13.7. The molecule has 1 aliphatic rings. The van der Waals surface area contributed by atoms with Gasteiger partial charge in [-0.25, -0.2) is 4.79 Å². The Morgan fingerprint density at radius 3 is 1.72 bits per heavy atom. The molecule has 0 radical (unpaired) electrons. The first-order chi connectivity index (χ1) is 25.1. The van der Waals surface area contributed by atoms with Crippen molar-refractivity contribution in [1.82, 2.24) is 31.5 Å². The summed E-state index contributed by atoms with van der Waals surface area (Å²) >= 11 is 0. The van der Waals surface area contributed by atoms with Crippen molar-refractivity contribution < 1.29 is 73.5 Å². The first-order valence-electron chi connectivity index (χ1n) is 16.9. The van der Waals surface area contributed by atoms with Gasteiger partial charge in [0, 0.05) is 19.4 Å². The molecular weight excluding hydrogens is 724 g/mol. The van der Waals surface area contributed by atoms with Crippen molar-refractivity contribution in [2.24, 2.45) is 17.4 Å². The number of nitrogens with two attached hydrogens (primary N) is 2. The number of aliphatic hydroxyl groups is 2. The molecule has 8 unspecified atom stereocenters. The van der Waals surface area contributed by atoms with Gasteiger partial charge in [-0.3, -0.25) is 43.2 Å². The monoisotopic (exact) mass is 774 g/mol. The van der Waals surface area contributed by atoms with Gasteiger partial charge in [0.05, 0.1) is 25.2 Å². The topological polar surface area (TPSA) is 387 Å². The van der Waals surface area contributed by atoms with Gasteiger partial charge >= 0.3 is 17.9 Å². The molecule has 0 spiro atoms. The Bertz CT molecular complexity index is 1420. The van der Waals surface area contributed by atoms with Gasteiger partial charge in [0.15, 0.2) is 0 Å². The molecule has 14 N–H and O–H groups in total. The first kappa shape index (κ1) is 46.6. The van der Waals surface area contributed by atoms with Gasteiger partial charge in [0.1, 0.15) is 36.3 Å². The van der Waals surface area contributed by atoms with E-state index >= 15 is 0 Å². The van der Waals surface area contributed by atoms with Crippen molar-refractivity contribution in [1.29, 1.82) is 0 Å². The molecule has 7 amide bonds. The quantitative estimate of drug-likeness (QED) is 0.0460. The number of nitrogens with zero attached hydrogens (tertiary/aromatic N) is 1. The maximum Gasteiger partial charge on any atom is 0.326 e. The zero-order valence-corrected chi connectivity index (χ0v) is 30.0. The van der Waals surface area contributed by atoms with Crippen LogP contribution in [0.1, 0.15) is 65.7 Å². The van der Waals surface area contributed by atoms with Crippen LogP contribution in [0.3, 0.4) is 0 Å². The smallest absolute Gasteiger partial charge is 0.326 e. The van der Waals surface area contributed by atoms with E-state index in [0.717, 1.165) is 11.8 Å². The second kappa shape index (κ2) is 21.9. The number of aliphatic carboxylic acids is 3. The second-order valence-corrected chi connectivity index (χ2v) is 13.0. The summed E-state index contributed by atoms with van der Waals surface area (Å²) in [5.41, 5.74) is 10.7. The summed E-state index contributed by atoms with van der Waals surface area (Å²) < 4.78 is 0. The van der Waals surface area contributed by atoms with E-state index in [1.54, 1.807) is 0 Å². The number of aliphatic hydroxyl groups excluding tert-OH is 2. The van der Waals surface area contributed by atoms with E-state index in [-0.39, 0.29) is 19.4 Å². The molecule has 54 heavy (non-hydrogen) atoms. The summed E-state index contributed by atoms with van der Waals surface area (Å²) in [4.78, 5) is 125. The first-order valence-corrected chi connectivity index (χ1v) is 16.9. The Morgan fingerprint density at radius 1 is 0.722 bits per heavy atom. The molecule has 0 bridgehead atoms. The summed E-state index contributed by atoms with van der Waals surface area (Å²) in [6.45, 7) is 3.11. The SMILES string of the molecule is CC(C)C(NC(=O)C(N)CC(N)=O)C(=O)NC(CCC(=O)O)C(=O)NC(C(=O)N1CCCC1C(=O)NC(CO)C(=O)NC(CCC(=O)O)C(=O)O)C(C)O. The molecule has 0 aromatic rings. The molecule has 1 rings (SSSR count). The van der Waals surface area contributed by atoms with Crippen LogP contribution in [-0.4, -0.2) is 151 Å². The fourth-order valence-corrected chi connectivity index (χ4v) is 5.29. The molecule has 0 aromatic carbocycles. The van der Waals surface area contributed by atoms with Crippen LogP contribution in [0.25, 0.3) is 0 Å². The maximum absolute atomic E-state index is 13.7. The van der Waals surface area contributed by atoms with Gasteiger partial charge in [0.25, 0.3) is 0 Å². The summed E-state index contributed by atoms with van der Waals surface area (Å²) in [5, 5.41) is 58.9. The lowest BCUT2D eigenvalue weighted by Crippen LogP contribution is -2.62. The van der Waals surface area contributed by atoms with Crippen molar-refractivity contribution in [3.05, 3.63) is 0 Å². The number of likely N-dealkylation sites (tertiary alicyclic amines) is 1. The number of hydrogen-bond acceptors (Lipinski definition) is 13. The van der Waals surface area contributed by atoms with Gasteiger partial charge in [-0.05, 0) is 38.5 Å². The Balaban J connectivity index is 3.18. The van der Waals surface area contributed by atoms with Crippen LogP contribution >= 0.6 is 0 Å². The Kier molecular flexibility index (Phi) is 18.9. The van der Waals surface area contributed by atoms with Crippen LogP contribution in [0, 0.1) is 5.92 Å². The van der Waals surface area contributed by atoms with Gasteiger partial charge in [-0.15, -0.1) is 0 Å². The van der Waals surface area contributed by atoms with E-state index in [2.05, 4.69) is 21.3 Å². The third-order valence-corrected chi connectivity index (χ3v) is 8.25. The molecule has 0 saturated carbocycles. The lowest BCUT2D eigenvalue weighted by atomic mass is 10.0. The molecule has 1 fully saturated rings. The van der Waals surface area contributed by atoms with Crippen molar-refractivity contribution in [2.75, 3.05) is 13.2 Å². The van der Waals surface area contributed by atoms with Crippen molar-refractivity contribution in [2.45, 2.75) is 114 Å². The van der Waals surface area contributed by atoms with E-state index in [1.807, 2.05) is 5.32 Å². The number of carboxylic acids is 3. The highest BCUT2D eigenvalue weighted by atomic mass is 16.4. The average Bonchev–Trinajstić information content (AvgIpc) is 3.57. The molecule has 0 aromatic heterocycles. The largest absolute Gasteiger partial charge is 0.481 e. The van der Waals surface area contributed by atoms with Gasteiger partial charge in [-0.1, -0.05) is 13.8 Å². The van der Waals surface area contributed by atoms with E-state index < -0.39 is 152 Å². The molecule has 8 atom stereocenters. The van der Waals surface area contributed by atoms with Crippen molar-refractivity contribution in [3.8, 4) is 0 Å². The minimum Gasteiger partial charge on any atom is -0.481 e. The van der Waals surface area contributed by atoms with Gasteiger partial charge in [-0.2, -0.15) is 0 Å². The number of primary amides is 1. The summed E-state index contributed by atoms with van der Waals surface area (Å²) in [7, 11) is 0. The fourth-order valence-electron chi connectivity index (χ4n) is 5.29. The van der Waals surface area contributed by atoms with Gasteiger partial charge < -0.3 is 68.5 Å². The molecule has 1 heterocycles. The number of carboxylic acid groups (broad SMARTS) is 3. The Labute approximate surface area is 308 Å². The molecule has 1 saturated heterocycles. The predicted octanol–water partition coefficient (Wildman–Crippen LogP) is -5.55. The highest BCUT2D eigenvalue weighted by molar-refractivity contribution is 5.98. The summed E-state index contributed by atoms with van der Waals surface area (Å²) in [6, 6.07) is -10.8. The molecular formula is C31H50N8O15. The van der Waals surface area contributed by atoms with Crippen molar-refractivity contribution >= 4 is 59.3 Å². The normalized spacial score (nSPS) is 17.8. The highest BCUT2D eigenvalue weighted by Crippen LogP contribution is 2.20. The second-order valence-electron chi connectivity index (χ2n) is 13.0. The van der Waals surface area contributed by atoms with E-state index in [4.69, 9.17) is 16.6 Å². The number of rotatable bonds is 23. The fraction of sp³-hybridized carbons (Fsp3) is 0.677. The number of nitrogens with one attached hydrogen (secondary N) is 5. The third kappa shape index (κ3) is 14.9. The van der Waals surface area contributed by atoms with Crippen LogP contribution in [0.2, 0.25) is 0 Å². The van der Waals surface area contributed by atoms with Crippen LogP contribution in [0.4, 0.5) is 0 Å². The molecule has 23 nitrogen and oxygen atoms in total. The Morgan fingerprint density at radius 2 is 1.24 bits per heavy atom. The van der Waals surface area contributed by atoms with Crippen LogP contribution < -0.4 is 38.1 Å². The van der Waals surface area contributed by atoms with E-state index in [1.165, 1.54) is 13.8 Å². The number of carbonyl (C=O) groups is 10. The highest BCUT2D eigenvalue weighted by Gasteiger charge is 2.41. The van der Waals surface area contributed by atoms with Crippen LogP contribution in [0.15, 0.2) is 0 Å². The number of hydrogen-bond donors (Lipinski definition) is 12. The third-order valence-electron chi connectivity index (χ3n) is 8.25. The summed E-state index contributed by atoms with van der Waals surface area (Å²) in [5.74, 6) is -11.8. The minimum absolute atomic E-state index is 0.0247. The predicted molar refractivity (Wildman–Crippen MR) is 181 cm³/mol. The lowest BCUT2D eigenvalue weighted by molar-refractivity contribution is -0.145. The molecule has 304 valence electrons. The van der Waals surface area contributed by atoms with E-state index in [0.29, 0.717) is 0 Å². The van der Waals surface area contributed by atoms with Crippen molar-refractivity contribution in [3.63, 3.8) is 0 Å². The number of amides is 7. The van der Waals surface area contributed by atoms with Crippen LogP contribution in [0.5, 0.6) is 0 Å². The average molecular weight is 775 g/mol.